The summed E-state index contributed by atoms with van der Waals surface area (Å²) < 4.78 is 0. The fourth-order valence-corrected chi connectivity index (χ4v) is 4.96. The molecule has 4 nitrogen and oxygen atoms in total. The molecular formula is C19H24N2O2S2. The van der Waals surface area contributed by atoms with Gasteiger partial charge in [-0.15, -0.1) is 22.7 Å². The Bertz CT molecular complexity index is 722. The van der Waals surface area contributed by atoms with E-state index in [0.29, 0.717) is 12.5 Å². The first-order valence-corrected chi connectivity index (χ1v) is 10.5. The molecule has 134 valence electrons. The maximum Gasteiger partial charge on any atom is 0.223 e. The van der Waals surface area contributed by atoms with Gasteiger partial charge in [0, 0.05) is 35.7 Å². The third-order valence-electron chi connectivity index (χ3n) is 4.56. The van der Waals surface area contributed by atoms with Crippen LogP contribution in [0.3, 0.4) is 0 Å². The van der Waals surface area contributed by atoms with E-state index in [4.69, 9.17) is 0 Å². The Balaban J connectivity index is 1.49. The Morgan fingerprint density at radius 3 is 2.76 bits per heavy atom. The normalized spacial score (nSPS) is 15.1. The van der Waals surface area contributed by atoms with Crippen LogP contribution in [0, 0.1) is 5.92 Å². The predicted octanol–water partition coefficient (Wildman–Crippen LogP) is 3.99. The minimum absolute atomic E-state index is 0.0194. The highest BCUT2D eigenvalue weighted by molar-refractivity contribution is 7.10. The molecule has 2 amide bonds. The van der Waals surface area contributed by atoms with Gasteiger partial charge in [0.1, 0.15) is 0 Å². The van der Waals surface area contributed by atoms with Crippen LogP contribution in [0.4, 0.5) is 0 Å². The zero-order chi connectivity index (χ0) is 17.8. The molecule has 25 heavy (non-hydrogen) atoms. The number of amides is 2. The summed E-state index contributed by atoms with van der Waals surface area (Å²) in [6, 6.07) is 6.17. The van der Waals surface area contributed by atoms with Crippen molar-refractivity contribution in [1.29, 1.82) is 0 Å². The topological polar surface area (TPSA) is 49.4 Å². The van der Waals surface area contributed by atoms with Crippen molar-refractivity contribution in [2.45, 2.75) is 45.7 Å². The lowest BCUT2D eigenvalue weighted by atomic mass is 10.0. The maximum atomic E-state index is 12.4. The van der Waals surface area contributed by atoms with Crippen molar-refractivity contribution in [3.63, 3.8) is 0 Å². The van der Waals surface area contributed by atoms with Crippen LogP contribution >= 0.6 is 22.7 Å². The van der Waals surface area contributed by atoms with Crippen molar-refractivity contribution in [3.05, 3.63) is 44.3 Å². The fraction of sp³-hybridized carbons (Fsp3) is 0.474. The average Bonchev–Trinajstić information content (AvgIpc) is 3.27. The standard InChI is InChI=1S/C19H24N2O2S2/c1-13(2)19(16-4-3-10-24-16)20-17(22)5-6-18(23)21-9-7-15-14(12-21)8-11-25-15/h3-4,8,10-11,13,19H,5-7,9,12H2,1-2H3,(H,20,22). The molecule has 6 heteroatoms. The molecule has 1 aliphatic heterocycles. The number of rotatable bonds is 6. The van der Waals surface area contributed by atoms with E-state index in [9.17, 15) is 9.59 Å². The van der Waals surface area contributed by atoms with Crippen LogP contribution in [0.2, 0.25) is 0 Å². The molecule has 1 aliphatic rings. The Kier molecular flexibility index (Phi) is 5.91. The second kappa shape index (κ2) is 8.15. The summed E-state index contributed by atoms with van der Waals surface area (Å²) in [4.78, 5) is 29.2. The van der Waals surface area contributed by atoms with Gasteiger partial charge in [-0.1, -0.05) is 19.9 Å². The molecule has 0 fully saturated rings. The predicted molar refractivity (Wildman–Crippen MR) is 103 cm³/mol. The van der Waals surface area contributed by atoms with Gasteiger partial charge in [-0.2, -0.15) is 0 Å². The number of hydrogen-bond donors (Lipinski definition) is 1. The molecule has 0 bridgehead atoms. The monoisotopic (exact) mass is 376 g/mol. The summed E-state index contributed by atoms with van der Waals surface area (Å²) in [5.41, 5.74) is 1.26. The third kappa shape index (κ3) is 4.50. The van der Waals surface area contributed by atoms with Crippen LogP contribution in [0.25, 0.3) is 0 Å². The summed E-state index contributed by atoms with van der Waals surface area (Å²) >= 11 is 3.42. The molecule has 3 heterocycles. The van der Waals surface area contributed by atoms with E-state index in [1.807, 2.05) is 22.4 Å². The lowest BCUT2D eigenvalue weighted by molar-refractivity contribution is -0.134. The number of carbonyl (C=O) groups is 2. The SMILES string of the molecule is CC(C)C(NC(=O)CCC(=O)N1CCc2sccc2C1)c1cccs1. The largest absolute Gasteiger partial charge is 0.348 e. The molecular weight excluding hydrogens is 352 g/mol. The van der Waals surface area contributed by atoms with Gasteiger partial charge in [0.05, 0.1) is 6.04 Å². The van der Waals surface area contributed by atoms with Crippen LogP contribution in [-0.2, 0) is 22.6 Å². The van der Waals surface area contributed by atoms with E-state index < -0.39 is 0 Å². The van der Waals surface area contributed by atoms with Crippen molar-refractivity contribution < 1.29 is 9.59 Å². The van der Waals surface area contributed by atoms with Crippen LogP contribution < -0.4 is 5.32 Å². The van der Waals surface area contributed by atoms with Gasteiger partial charge < -0.3 is 10.2 Å². The average molecular weight is 377 g/mol. The molecule has 2 aromatic heterocycles. The van der Waals surface area contributed by atoms with E-state index >= 15 is 0 Å². The molecule has 1 N–H and O–H groups in total. The van der Waals surface area contributed by atoms with Crippen molar-refractivity contribution in [2.24, 2.45) is 5.92 Å². The highest BCUT2D eigenvalue weighted by Crippen LogP contribution is 2.26. The van der Waals surface area contributed by atoms with Gasteiger partial charge in [-0.3, -0.25) is 9.59 Å². The highest BCUT2D eigenvalue weighted by atomic mass is 32.1. The van der Waals surface area contributed by atoms with Gasteiger partial charge in [-0.05, 0) is 40.8 Å². The molecule has 0 saturated carbocycles. The van der Waals surface area contributed by atoms with Gasteiger partial charge >= 0.3 is 0 Å². The first-order valence-electron chi connectivity index (χ1n) is 8.70. The third-order valence-corrected chi connectivity index (χ3v) is 6.54. The minimum Gasteiger partial charge on any atom is -0.348 e. The zero-order valence-corrected chi connectivity index (χ0v) is 16.3. The molecule has 1 unspecified atom stereocenters. The Labute approximate surface area is 156 Å². The lowest BCUT2D eigenvalue weighted by Gasteiger charge is -2.27. The number of hydrogen-bond acceptors (Lipinski definition) is 4. The minimum atomic E-state index is -0.0475. The van der Waals surface area contributed by atoms with E-state index in [0.717, 1.165) is 17.8 Å². The van der Waals surface area contributed by atoms with Crippen LogP contribution in [0.5, 0.6) is 0 Å². The van der Waals surface area contributed by atoms with Crippen LogP contribution in [0.1, 0.15) is 48.0 Å². The van der Waals surface area contributed by atoms with Crippen molar-refractivity contribution >= 4 is 34.5 Å². The Morgan fingerprint density at radius 2 is 2.04 bits per heavy atom. The highest BCUT2D eigenvalue weighted by Gasteiger charge is 2.23. The Hall–Kier alpha value is -1.66. The second-order valence-electron chi connectivity index (χ2n) is 6.74. The summed E-state index contributed by atoms with van der Waals surface area (Å²) in [6.45, 7) is 5.64. The molecule has 0 saturated heterocycles. The van der Waals surface area contributed by atoms with E-state index in [1.165, 1.54) is 10.4 Å². The summed E-state index contributed by atoms with van der Waals surface area (Å²) in [5.74, 6) is 0.343. The fourth-order valence-electron chi connectivity index (χ4n) is 3.12. The zero-order valence-electron chi connectivity index (χ0n) is 14.7. The Morgan fingerprint density at radius 1 is 1.20 bits per heavy atom. The number of thiophene rings is 2. The quantitative estimate of drug-likeness (QED) is 0.829. The summed E-state index contributed by atoms with van der Waals surface area (Å²) in [7, 11) is 0. The van der Waals surface area contributed by atoms with Gasteiger partial charge in [0.25, 0.3) is 0 Å². The number of nitrogens with zero attached hydrogens (tertiary/aromatic N) is 1. The molecule has 1 atom stereocenters. The second-order valence-corrected chi connectivity index (χ2v) is 8.72. The number of fused-ring (bicyclic) bond motifs is 1. The molecule has 2 aromatic rings. The van der Waals surface area contributed by atoms with Crippen LogP contribution in [0.15, 0.2) is 29.0 Å². The lowest BCUT2D eigenvalue weighted by Crippen LogP contribution is -2.37. The molecule has 3 rings (SSSR count). The van der Waals surface area contributed by atoms with Gasteiger partial charge in [0.15, 0.2) is 0 Å². The van der Waals surface area contributed by atoms with Crippen molar-refractivity contribution in [3.8, 4) is 0 Å². The molecule has 0 aliphatic carbocycles. The number of carbonyl (C=O) groups excluding carboxylic acids is 2. The molecule has 0 aromatic carbocycles. The van der Waals surface area contributed by atoms with Gasteiger partial charge in [-0.25, -0.2) is 0 Å². The van der Waals surface area contributed by atoms with E-state index in [1.54, 1.807) is 22.7 Å². The smallest absolute Gasteiger partial charge is 0.223 e. The van der Waals surface area contributed by atoms with Crippen molar-refractivity contribution in [1.82, 2.24) is 10.2 Å². The van der Waals surface area contributed by atoms with Gasteiger partial charge in [0.2, 0.25) is 11.8 Å². The first-order chi connectivity index (χ1) is 12.0. The molecule has 0 spiro atoms. The molecule has 0 radical (unpaired) electrons. The van der Waals surface area contributed by atoms with Crippen LogP contribution in [-0.4, -0.2) is 23.3 Å². The number of nitrogens with one attached hydrogen (secondary N) is 1. The first kappa shape index (κ1) is 18.1. The summed E-state index contributed by atoms with van der Waals surface area (Å²) in [5, 5.41) is 7.20. The maximum absolute atomic E-state index is 12.4. The van der Waals surface area contributed by atoms with Crippen molar-refractivity contribution in [2.75, 3.05) is 6.54 Å². The van der Waals surface area contributed by atoms with E-state index in [2.05, 4.69) is 30.6 Å². The summed E-state index contributed by atoms with van der Waals surface area (Å²) in [6.07, 6.45) is 1.46. The van der Waals surface area contributed by atoms with E-state index in [-0.39, 0.29) is 30.7 Å².